The Morgan fingerprint density at radius 1 is 1.03 bits per heavy atom. The van der Waals surface area contributed by atoms with Crippen molar-refractivity contribution in [3.63, 3.8) is 0 Å². The van der Waals surface area contributed by atoms with E-state index in [4.69, 9.17) is 0 Å². The molecule has 0 saturated carbocycles. The molecule has 31 heavy (non-hydrogen) atoms. The van der Waals surface area contributed by atoms with Crippen molar-refractivity contribution in [1.29, 1.82) is 0 Å². The van der Waals surface area contributed by atoms with Gasteiger partial charge < -0.3 is 10.0 Å². The van der Waals surface area contributed by atoms with Gasteiger partial charge in [-0.05, 0) is 35.4 Å². The van der Waals surface area contributed by atoms with E-state index >= 15 is 0 Å². The highest BCUT2D eigenvalue weighted by Gasteiger charge is 2.66. The van der Waals surface area contributed by atoms with E-state index in [-0.39, 0.29) is 35.8 Å². The molecule has 1 amide bonds. The lowest BCUT2D eigenvalue weighted by molar-refractivity contribution is -0.184. The number of aliphatic hydroxyl groups is 1. The maximum absolute atomic E-state index is 13.4. The van der Waals surface area contributed by atoms with Crippen LogP contribution in [0.2, 0.25) is 0 Å². The van der Waals surface area contributed by atoms with E-state index in [9.17, 15) is 14.3 Å². The van der Waals surface area contributed by atoms with Gasteiger partial charge in [0.1, 0.15) is 11.5 Å². The number of aliphatic hydroxyl groups excluding tert-OH is 1. The lowest BCUT2D eigenvalue weighted by Gasteiger charge is -2.70. The average molecular weight is 417 g/mol. The SMILES string of the molecule is O=C(c1ccccn1)N1CC2(C1)[C@H](c1ccccc1)[C@H](CO)N2Cc1ccc(F)cc1. The second kappa shape index (κ2) is 7.87. The van der Waals surface area contributed by atoms with E-state index < -0.39 is 0 Å². The minimum Gasteiger partial charge on any atom is -0.395 e. The minimum absolute atomic E-state index is 0.0245. The van der Waals surface area contributed by atoms with Gasteiger partial charge in [0.05, 0.1) is 12.1 Å². The lowest BCUT2D eigenvalue weighted by atomic mass is 9.60. The van der Waals surface area contributed by atoms with Gasteiger partial charge in [0.2, 0.25) is 0 Å². The van der Waals surface area contributed by atoms with Crippen molar-refractivity contribution in [3.05, 3.63) is 102 Å². The molecule has 3 aromatic rings. The molecule has 158 valence electrons. The summed E-state index contributed by atoms with van der Waals surface area (Å²) >= 11 is 0. The summed E-state index contributed by atoms with van der Waals surface area (Å²) in [5, 5.41) is 10.2. The number of hydrogen-bond donors (Lipinski definition) is 1. The molecule has 6 heteroatoms. The molecule has 2 atom stereocenters. The van der Waals surface area contributed by atoms with Gasteiger partial charge in [-0.2, -0.15) is 0 Å². The zero-order valence-electron chi connectivity index (χ0n) is 17.1. The molecule has 1 aromatic heterocycles. The molecule has 0 bridgehead atoms. The molecule has 2 saturated heterocycles. The normalized spacial score (nSPS) is 22.1. The molecule has 1 spiro atoms. The third-order valence-corrected chi connectivity index (χ3v) is 6.65. The largest absolute Gasteiger partial charge is 0.395 e. The van der Waals surface area contributed by atoms with Crippen molar-refractivity contribution in [1.82, 2.24) is 14.8 Å². The van der Waals surface area contributed by atoms with Crippen molar-refractivity contribution in [2.75, 3.05) is 19.7 Å². The van der Waals surface area contributed by atoms with Gasteiger partial charge in [-0.25, -0.2) is 4.39 Å². The van der Waals surface area contributed by atoms with Gasteiger partial charge in [0.25, 0.3) is 5.91 Å². The molecule has 2 aromatic carbocycles. The van der Waals surface area contributed by atoms with Gasteiger partial charge >= 0.3 is 0 Å². The standard InChI is InChI=1S/C25H24FN3O2/c26-20-11-9-18(10-12-20)14-29-22(15-30)23(19-6-2-1-3-7-19)25(29)16-28(17-25)24(31)21-8-4-5-13-27-21/h1-13,22-23,30H,14-17H2/t22-,23+/m0/s1. The van der Waals surface area contributed by atoms with Crippen LogP contribution in [0.15, 0.2) is 79.0 Å². The van der Waals surface area contributed by atoms with Crippen molar-refractivity contribution in [3.8, 4) is 0 Å². The molecular formula is C25H24FN3O2. The van der Waals surface area contributed by atoms with E-state index in [1.165, 1.54) is 17.7 Å². The van der Waals surface area contributed by atoms with Crippen molar-refractivity contribution in [2.24, 2.45) is 0 Å². The molecular weight excluding hydrogens is 393 g/mol. The average Bonchev–Trinajstić information content (AvgIpc) is 2.78. The van der Waals surface area contributed by atoms with E-state index in [1.807, 2.05) is 29.2 Å². The molecule has 0 radical (unpaired) electrons. The second-order valence-corrected chi connectivity index (χ2v) is 8.37. The van der Waals surface area contributed by atoms with E-state index in [0.29, 0.717) is 25.3 Å². The number of carbonyl (C=O) groups excluding carboxylic acids is 1. The van der Waals surface area contributed by atoms with E-state index in [1.54, 1.807) is 30.5 Å². The van der Waals surface area contributed by atoms with Crippen LogP contribution >= 0.6 is 0 Å². The Morgan fingerprint density at radius 3 is 2.39 bits per heavy atom. The predicted molar refractivity (Wildman–Crippen MR) is 115 cm³/mol. The van der Waals surface area contributed by atoms with Gasteiger partial charge in [-0.1, -0.05) is 48.5 Å². The summed E-state index contributed by atoms with van der Waals surface area (Å²) in [4.78, 5) is 21.2. The second-order valence-electron chi connectivity index (χ2n) is 8.37. The molecule has 0 aliphatic carbocycles. The Balaban J connectivity index is 1.43. The summed E-state index contributed by atoms with van der Waals surface area (Å²) in [7, 11) is 0. The van der Waals surface area contributed by atoms with Crippen LogP contribution in [0, 0.1) is 5.82 Å². The smallest absolute Gasteiger partial charge is 0.272 e. The zero-order chi connectivity index (χ0) is 21.4. The Hall–Kier alpha value is -3.09. The highest BCUT2D eigenvalue weighted by molar-refractivity contribution is 5.93. The van der Waals surface area contributed by atoms with Crippen LogP contribution in [-0.2, 0) is 6.54 Å². The Kier molecular flexibility index (Phi) is 5.04. The summed E-state index contributed by atoms with van der Waals surface area (Å²) in [5.41, 5.74) is 2.34. The van der Waals surface area contributed by atoms with E-state index in [0.717, 1.165) is 5.56 Å². The van der Waals surface area contributed by atoms with Crippen LogP contribution < -0.4 is 0 Å². The van der Waals surface area contributed by atoms with Crippen molar-refractivity contribution >= 4 is 5.91 Å². The summed E-state index contributed by atoms with van der Waals surface area (Å²) in [5.74, 6) is -0.224. The molecule has 3 heterocycles. The number of benzene rings is 2. The summed E-state index contributed by atoms with van der Waals surface area (Å²) < 4.78 is 13.4. The van der Waals surface area contributed by atoms with Crippen LogP contribution in [0.25, 0.3) is 0 Å². The van der Waals surface area contributed by atoms with Crippen molar-refractivity contribution in [2.45, 2.75) is 24.0 Å². The fraction of sp³-hybridized carbons (Fsp3) is 0.280. The lowest BCUT2D eigenvalue weighted by Crippen LogP contribution is -2.84. The predicted octanol–water partition coefficient (Wildman–Crippen LogP) is 3.08. The van der Waals surface area contributed by atoms with Crippen LogP contribution in [0.1, 0.15) is 27.5 Å². The summed E-state index contributed by atoms with van der Waals surface area (Å²) in [6, 6.07) is 21.9. The third-order valence-electron chi connectivity index (χ3n) is 6.65. The Bertz CT molecular complexity index is 1050. The fourth-order valence-electron chi connectivity index (χ4n) is 5.21. The topological polar surface area (TPSA) is 56.7 Å². The highest BCUT2D eigenvalue weighted by Crippen LogP contribution is 2.54. The zero-order valence-corrected chi connectivity index (χ0v) is 17.1. The molecule has 1 N–H and O–H groups in total. The molecule has 0 unspecified atom stereocenters. The van der Waals surface area contributed by atoms with Crippen LogP contribution in [0.4, 0.5) is 4.39 Å². The van der Waals surface area contributed by atoms with Crippen LogP contribution in [0.5, 0.6) is 0 Å². The number of carbonyl (C=O) groups is 1. The van der Waals surface area contributed by atoms with Crippen LogP contribution in [-0.4, -0.2) is 57.1 Å². The maximum Gasteiger partial charge on any atom is 0.272 e. The van der Waals surface area contributed by atoms with Gasteiger partial charge in [0, 0.05) is 37.8 Å². The monoisotopic (exact) mass is 417 g/mol. The summed E-state index contributed by atoms with van der Waals surface area (Å²) in [6.07, 6.45) is 1.63. The molecule has 2 aliphatic heterocycles. The number of nitrogens with zero attached hydrogens (tertiary/aromatic N) is 3. The number of pyridine rings is 1. The number of hydrogen-bond acceptors (Lipinski definition) is 4. The number of aromatic nitrogens is 1. The fourth-order valence-corrected chi connectivity index (χ4v) is 5.21. The molecule has 5 rings (SSSR count). The first-order valence-electron chi connectivity index (χ1n) is 10.5. The minimum atomic E-state index is -0.265. The first kappa shape index (κ1) is 19.8. The molecule has 5 nitrogen and oxygen atoms in total. The first-order chi connectivity index (χ1) is 15.1. The summed E-state index contributed by atoms with van der Waals surface area (Å²) in [6.45, 7) is 1.76. The van der Waals surface area contributed by atoms with Gasteiger partial charge in [-0.3, -0.25) is 14.7 Å². The third kappa shape index (κ3) is 3.32. The van der Waals surface area contributed by atoms with Crippen molar-refractivity contribution < 1.29 is 14.3 Å². The number of rotatable bonds is 5. The first-order valence-corrected chi connectivity index (χ1v) is 10.5. The quantitative estimate of drug-likeness (QED) is 0.693. The molecule has 2 fully saturated rings. The number of amides is 1. The highest BCUT2D eigenvalue weighted by atomic mass is 19.1. The Morgan fingerprint density at radius 2 is 1.74 bits per heavy atom. The van der Waals surface area contributed by atoms with E-state index in [2.05, 4.69) is 22.0 Å². The number of halogens is 1. The van der Waals surface area contributed by atoms with Gasteiger partial charge in [0.15, 0.2) is 0 Å². The van der Waals surface area contributed by atoms with Crippen LogP contribution in [0.3, 0.4) is 0 Å². The molecule has 2 aliphatic rings. The maximum atomic E-state index is 13.4. The Labute approximate surface area is 180 Å². The number of likely N-dealkylation sites (tertiary alicyclic amines) is 2. The van der Waals surface area contributed by atoms with Gasteiger partial charge in [-0.15, -0.1) is 0 Å².